The molecule has 2 aromatic heterocycles. The number of hydrazine groups is 1. The van der Waals surface area contributed by atoms with Gasteiger partial charge in [-0.15, -0.1) is 11.3 Å². The van der Waals surface area contributed by atoms with Crippen molar-refractivity contribution in [2.45, 2.75) is 20.5 Å². The van der Waals surface area contributed by atoms with E-state index < -0.39 is 0 Å². The van der Waals surface area contributed by atoms with Crippen molar-refractivity contribution in [2.75, 3.05) is 12.0 Å². The lowest BCUT2D eigenvalue weighted by Gasteiger charge is -2.04. The van der Waals surface area contributed by atoms with Crippen LogP contribution in [0.3, 0.4) is 0 Å². The molecule has 3 N–H and O–H groups in total. The lowest BCUT2D eigenvalue weighted by molar-refractivity contribution is 0.128. The minimum absolute atomic E-state index is 0.415. The summed E-state index contributed by atoms with van der Waals surface area (Å²) in [7, 11) is 0. The van der Waals surface area contributed by atoms with Gasteiger partial charge in [0, 0.05) is 11.5 Å². The van der Waals surface area contributed by atoms with Gasteiger partial charge in [-0.25, -0.2) is 15.8 Å². The fraction of sp³-hybridized carbons (Fsp3) is 0.400. The molecule has 0 saturated heterocycles. The van der Waals surface area contributed by atoms with Crippen LogP contribution in [0.25, 0.3) is 10.2 Å². The zero-order valence-electron chi connectivity index (χ0n) is 9.28. The first-order valence-corrected chi connectivity index (χ1v) is 5.87. The molecule has 2 aromatic rings. The summed E-state index contributed by atoms with van der Waals surface area (Å²) in [5, 5.41) is 0.963. The highest BCUT2D eigenvalue weighted by Gasteiger charge is 2.09. The molecule has 6 heteroatoms. The number of nitrogens with two attached hydrogens (primary N) is 1. The number of rotatable bonds is 4. The van der Waals surface area contributed by atoms with Crippen molar-refractivity contribution in [3.05, 3.63) is 16.8 Å². The number of fused-ring (bicyclic) bond motifs is 1. The van der Waals surface area contributed by atoms with Crippen LogP contribution in [0.5, 0.6) is 0 Å². The van der Waals surface area contributed by atoms with Crippen LogP contribution in [0, 0.1) is 6.92 Å². The van der Waals surface area contributed by atoms with E-state index in [1.54, 1.807) is 11.3 Å². The lowest BCUT2D eigenvalue weighted by Crippen LogP contribution is -2.11. The van der Waals surface area contributed by atoms with Crippen molar-refractivity contribution in [3.63, 3.8) is 0 Å². The third-order valence-electron chi connectivity index (χ3n) is 2.13. The van der Waals surface area contributed by atoms with E-state index in [1.165, 1.54) is 4.88 Å². The lowest BCUT2D eigenvalue weighted by atomic mass is 10.3. The molecule has 0 spiro atoms. The molecule has 2 rings (SSSR count). The molecule has 5 nitrogen and oxygen atoms in total. The van der Waals surface area contributed by atoms with E-state index >= 15 is 0 Å². The van der Waals surface area contributed by atoms with E-state index in [2.05, 4.69) is 15.4 Å². The largest absolute Gasteiger partial charge is 0.374 e. The molecular weight excluding hydrogens is 224 g/mol. The van der Waals surface area contributed by atoms with E-state index in [0.717, 1.165) is 10.2 Å². The number of nitrogens with one attached hydrogen (secondary N) is 1. The Morgan fingerprint density at radius 1 is 1.50 bits per heavy atom. The van der Waals surface area contributed by atoms with Crippen molar-refractivity contribution < 1.29 is 4.74 Å². The highest BCUT2D eigenvalue weighted by molar-refractivity contribution is 7.18. The minimum atomic E-state index is 0.415. The highest BCUT2D eigenvalue weighted by atomic mass is 32.1. The number of ether oxygens (including phenoxy) is 1. The number of hydrogen-bond donors (Lipinski definition) is 2. The van der Waals surface area contributed by atoms with Gasteiger partial charge in [0.25, 0.3) is 0 Å². The van der Waals surface area contributed by atoms with Crippen molar-refractivity contribution in [1.82, 2.24) is 9.97 Å². The van der Waals surface area contributed by atoms with Crippen molar-refractivity contribution in [2.24, 2.45) is 5.84 Å². The Morgan fingerprint density at radius 3 is 3.00 bits per heavy atom. The molecule has 0 saturated carbocycles. The van der Waals surface area contributed by atoms with E-state index in [1.807, 2.05) is 19.9 Å². The Hall–Kier alpha value is -1.24. The summed E-state index contributed by atoms with van der Waals surface area (Å²) >= 11 is 1.63. The maximum Gasteiger partial charge on any atom is 0.158 e. The fourth-order valence-electron chi connectivity index (χ4n) is 1.45. The summed E-state index contributed by atoms with van der Waals surface area (Å²) in [6, 6.07) is 2.03. The van der Waals surface area contributed by atoms with Crippen LogP contribution in [0.1, 0.15) is 17.6 Å². The standard InChI is InChI=1S/C10H14N4OS/c1-3-15-5-8-12-9(14-11)7-4-6(2)16-10(7)13-8/h4H,3,5,11H2,1-2H3,(H,12,13,14). The van der Waals surface area contributed by atoms with Crippen LogP contribution < -0.4 is 11.3 Å². The molecule has 0 atom stereocenters. The Morgan fingerprint density at radius 2 is 2.31 bits per heavy atom. The zero-order valence-corrected chi connectivity index (χ0v) is 10.1. The number of nitrogens with zero attached hydrogens (tertiary/aromatic N) is 2. The SMILES string of the molecule is CCOCc1nc(NN)c2cc(C)sc2n1. The predicted octanol–water partition coefficient (Wildman–Crippen LogP) is 1.82. The van der Waals surface area contributed by atoms with Crippen LogP contribution >= 0.6 is 11.3 Å². The summed E-state index contributed by atoms with van der Waals surface area (Å²) in [4.78, 5) is 10.9. The number of hydrogen-bond acceptors (Lipinski definition) is 6. The summed E-state index contributed by atoms with van der Waals surface area (Å²) < 4.78 is 5.29. The number of thiophene rings is 1. The van der Waals surface area contributed by atoms with E-state index in [-0.39, 0.29) is 0 Å². The molecule has 0 unspecified atom stereocenters. The second-order valence-electron chi connectivity index (χ2n) is 3.35. The fourth-order valence-corrected chi connectivity index (χ4v) is 2.35. The van der Waals surface area contributed by atoms with Crippen molar-refractivity contribution in [1.29, 1.82) is 0 Å². The Balaban J connectivity index is 2.45. The quantitative estimate of drug-likeness (QED) is 0.628. The predicted molar refractivity (Wildman–Crippen MR) is 65.3 cm³/mol. The molecule has 0 aliphatic rings. The normalized spacial score (nSPS) is 10.9. The Labute approximate surface area is 97.6 Å². The summed E-state index contributed by atoms with van der Waals surface area (Å²) in [5.74, 6) is 6.76. The first-order chi connectivity index (χ1) is 7.74. The van der Waals surface area contributed by atoms with E-state index in [4.69, 9.17) is 10.6 Å². The van der Waals surface area contributed by atoms with Gasteiger partial charge >= 0.3 is 0 Å². The Kier molecular flexibility index (Phi) is 3.33. The average molecular weight is 238 g/mol. The highest BCUT2D eigenvalue weighted by Crippen LogP contribution is 2.27. The smallest absolute Gasteiger partial charge is 0.158 e. The molecule has 16 heavy (non-hydrogen) atoms. The monoisotopic (exact) mass is 238 g/mol. The number of nitrogen functional groups attached to an aromatic ring is 1. The van der Waals surface area contributed by atoms with Gasteiger partial charge in [-0.05, 0) is 19.9 Å². The van der Waals surface area contributed by atoms with Gasteiger partial charge in [-0.3, -0.25) is 0 Å². The molecule has 0 aromatic carbocycles. The topological polar surface area (TPSA) is 73.1 Å². The van der Waals surface area contributed by atoms with Gasteiger partial charge in [0.15, 0.2) is 11.6 Å². The van der Waals surface area contributed by atoms with Crippen molar-refractivity contribution >= 4 is 27.4 Å². The second-order valence-corrected chi connectivity index (χ2v) is 4.58. The van der Waals surface area contributed by atoms with E-state index in [9.17, 15) is 0 Å². The maximum atomic E-state index is 5.45. The van der Waals surface area contributed by atoms with Crippen LogP contribution in [-0.2, 0) is 11.3 Å². The molecule has 0 radical (unpaired) electrons. The van der Waals surface area contributed by atoms with Crippen LogP contribution in [-0.4, -0.2) is 16.6 Å². The van der Waals surface area contributed by atoms with Gasteiger partial charge in [0.2, 0.25) is 0 Å². The zero-order chi connectivity index (χ0) is 11.5. The summed E-state index contributed by atoms with van der Waals surface area (Å²) in [5.41, 5.74) is 2.60. The Bertz CT molecular complexity index is 497. The molecule has 0 bridgehead atoms. The molecule has 0 aliphatic heterocycles. The molecule has 0 fully saturated rings. The van der Waals surface area contributed by atoms with Gasteiger partial charge in [-0.2, -0.15) is 0 Å². The van der Waals surface area contributed by atoms with Gasteiger partial charge < -0.3 is 10.2 Å². The van der Waals surface area contributed by atoms with Gasteiger partial charge in [0.1, 0.15) is 11.4 Å². The molecule has 86 valence electrons. The first-order valence-electron chi connectivity index (χ1n) is 5.06. The molecule has 0 amide bonds. The number of aromatic nitrogens is 2. The minimum Gasteiger partial charge on any atom is -0.374 e. The van der Waals surface area contributed by atoms with Crippen LogP contribution in [0.15, 0.2) is 6.07 Å². The van der Waals surface area contributed by atoms with Crippen LogP contribution in [0.4, 0.5) is 5.82 Å². The van der Waals surface area contributed by atoms with Gasteiger partial charge in [0.05, 0.1) is 5.39 Å². The second kappa shape index (κ2) is 4.73. The third-order valence-corrected chi connectivity index (χ3v) is 3.08. The van der Waals surface area contributed by atoms with E-state index in [0.29, 0.717) is 24.9 Å². The van der Waals surface area contributed by atoms with Crippen LogP contribution in [0.2, 0.25) is 0 Å². The third kappa shape index (κ3) is 2.13. The first kappa shape index (κ1) is 11.3. The maximum absolute atomic E-state index is 5.45. The molecule has 2 heterocycles. The summed E-state index contributed by atoms with van der Waals surface area (Å²) in [6.07, 6.45) is 0. The number of aryl methyl sites for hydroxylation is 1. The average Bonchev–Trinajstić information content (AvgIpc) is 2.65. The van der Waals surface area contributed by atoms with Gasteiger partial charge in [-0.1, -0.05) is 0 Å². The number of anilines is 1. The molecular formula is C10H14N4OS. The molecule has 0 aliphatic carbocycles. The summed E-state index contributed by atoms with van der Waals surface area (Å²) in [6.45, 7) is 5.04. The van der Waals surface area contributed by atoms with Crippen molar-refractivity contribution in [3.8, 4) is 0 Å².